The van der Waals surface area contributed by atoms with Crippen LogP contribution in [0.3, 0.4) is 0 Å². The van der Waals surface area contributed by atoms with Gasteiger partial charge in [0.25, 0.3) is 17.5 Å². The van der Waals surface area contributed by atoms with Crippen LogP contribution in [-0.4, -0.2) is 45.6 Å². The zero-order valence-electron chi connectivity index (χ0n) is 18.9. The highest BCUT2D eigenvalue weighted by Crippen LogP contribution is 2.46. The van der Waals surface area contributed by atoms with Crippen molar-refractivity contribution in [2.24, 2.45) is 0 Å². The average Bonchev–Trinajstić information content (AvgIpc) is 2.89. The Kier molecular flexibility index (Phi) is 7.61. The van der Waals surface area contributed by atoms with Crippen LogP contribution in [0.15, 0.2) is 76.3 Å². The lowest BCUT2D eigenvalue weighted by Gasteiger charge is -2.49. The van der Waals surface area contributed by atoms with E-state index in [0.717, 1.165) is 0 Å². The minimum atomic E-state index is -0.876. The van der Waals surface area contributed by atoms with Crippen molar-refractivity contribution in [1.29, 1.82) is 0 Å². The van der Waals surface area contributed by atoms with Crippen LogP contribution in [0.5, 0.6) is 5.75 Å². The van der Waals surface area contributed by atoms with Gasteiger partial charge in [0, 0.05) is 22.6 Å². The molecule has 2 aliphatic rings. The van der Waals surface area contributed by atoms with Crippen molar-refractivity contribution in [3.05, 3.63) is 92.0 Å². The number of carbonyl (C=O) groups is 3. The number of esters is 1. The number of non-ortho nitro benzene ring substituents is 1. The molecule has 2 atom stereocenters. The van der Waals surface area contributed by atoms with Crippen molar-refractivity contribution in [2.45, 2.75) is 24.9 Å². The summed E-state index contributed by atoms with van der Waals surface area (Å²) in [7, 11) is 0. The van der Waals surface area contributed by atoms with E-state index >= 15 is 0 Å². The summed E-state index contributed by atoms with van der Waals surface area (Å²) in [6.07, 6.45) is 0. The second-order valence-corrected chi connectivity index (χ2v) is 9.19. The van der Waals surface area contributed by atoms with Gasteiger partial charge in [0.15, 0.2) is 6.61 Å². The van der Waals surface area contributed by atoms with Crippen LogP contribution in [0.2, 0.25) is 0 Å². The number of allylic oxidation sites excluding steroid dienone is 1. The van der Waals surface area contributed by atoms with Crippen LogP contribution in [0.1, 0.15) is 12.5 Å². The van der Waals surface area contributed by atoms with Gasteiger partial charge < -0.3 is 14.8 Å². The molecule has 186 valence electrons. The largest absolute Gasteiger partial charge is 0.484 e. The van der Waals surface area contributed by atoms with Crippen molar-refractivity contribution in [1.82, 2.24) is 10.2 Å². The smallest absolute Gasteiger partial charge is 0.355 e. The Bertz CT molecular complexity index is 1260. The number of carbonyl (C=O) groups excluding carboxylic acids is 3. The second kappa shape index (κ2) is 10.8. The monoisotopic (exact) mass is 529 g/mol. The van der Waals surface area contributed by atoms with E-state index in [0.29, 0.717) is 21.8 Å². The summed E-state index contributed by atoms with van der Waals surface area (Å²) >= 11 is 7.21. The van der Waals surface area contributed by atoms with E-state index < -0.39 is 34.1 Å². The number of hydrogen-bond donors (Lipinski definition) is 1. The molecule has 1 N–H and O–H groups in total. The number of rotatable bonds is 8. The van der Waals surface area contributed by atoms with Gasteiger partial charge in [-0.05, 0) is 42.3 Å². The van der Waals surface area contributed by atoms with Crippen LogP contribution in [-0.2, 0) is 25.7 Å². The molecule has 2 unspecified atom stereocenters. The van der Waals surface area contributed by atoms with Gasteiger partial charge in [-0.1, -0.05) is 41.6 Å². The van der Waals surface area contributed by atoms with Crippen LogP contribution >= 0.6 is 23.4 Å². The van der Waals surface area contributed by atoms with E-state index in [1.54, 1.807) is 31.2 Å². The average molecular weight is 530 g/mol. The third-order valence-electron chi connectivity index (χ3n) is 5.50. The maximum Gasteiger partial charge on any atom is 0.355 e. The first-order valence-corrected chi connectivity index (χ1v) is 12.0. The van der Waals surface area contributed by atoms with Crippen LogP contribution in [0, 0.1) is 10.1 Å². The first-order chi connectivity index (χ1) is 17.3. The molecule has 10 nitrogen and oxygen atoms in total. The lowest BCUT2D eigenvalue weighted by atomic mass is 10.0. The normalized spacial score (nSPS) is 19.9. The summed E-state index contributed by atoms with van der Waals surface area (Å²) in [4.78, 5) is 50.4. The topological polar surface area (TPSA) is 128 Å². The number of hydrogen-bond acceptors (Lipinski definition) is 8. The Morgan fingerprint density at radius 3 is 2.53 bits per heavy atom. The fourth-order valence-electron chi connectivity index (χ4n) is 3.64. The van der Waals surface area contributed by atoms with Gasteiger partial charge in [-0.15, -0.1) is 0 Å². The summed E-state index contributed by atoms with van der Waals surface area (Å²) in [5.41, 5.74) is 2.26. The molecule has 0 saturated carbocycles. The third-order valence-corrected chi connectivity index (χ3v) is 7.25. The standard InChI is InChI=1S/C24H20ClN3O7S/c1-14-18(11-25)36-23-20(26-19(29)13-34-17-5-3-2-4-6-17)22(30)27(23)21(14)24(31)35-12-15-7-9-16(10-8-15)28(32)33/h2-11,20,23H,12-13H2,1H3,(H,26,29)/b18-11-. The molecular formula is C24H20ClN3O7S. The Morgan fingerprint density at radius 2 is 1.89 bits per heavy atom. The van der Waals surface area contributed by atoms with E-state index in [4.69, 9.17) is 21.1 Å². The molecular weight excluding hydrogens is 510 g/mol. The highest BCUT2D eigenvalue weighted by molar-refractivity contribution is 8.04. The summed E-state index contributed by atoms with van der Waals surface area (Å²) < 4.78 is 10.8. The molecule has 12 heteroatoms. The van der Waals surface area contributed by atoms with E-state index in [1.807, 2.05) is 6.07 Å². The lowest BCUT2D eigenvalue weighted by Crippen LogP contribution is -2.70. The molecule has 0 aromatic heterocycles. The molecule has 2 aromatic rings. The number of β-lactam (4-membered cyclic amide) rings is 1. The molecule has 2 aromatic carbocycles. The molecule has 0 radical (unpaired) electrons. The van der Waals surface area contributed by atoms with E-state index in [9.17, 15) is 24.5 Å². The number of nitro benzene ring substituents is 1. The first-order valence-electron chi connectivity index (χ1n) is 10.7. The van der Waals surface area contributed by atoms with E-state index in [-0.39, 0.29) is 24.6 Å². The number of ether oxygens (including phenoxy) is 2. The van der Waals surface area contributed by atoms with Crippen LogP contribution < -0.4 is 10.1 Å². The number of nitro groups is 1. The first kappa shape index (κ1) is 25.3. The molecule has 2 aliphatic heterocycles. The number of nitrogens with zero attached hydrogens (tertiary/aromatic N) is 2. The van der Waals surface area contributed by atoms with Gasteiger partial charge in [-0.25, -0.2) is 4.79 Å². The second-order valence-electron chi connectivity index (χ2n) is 7.81. The van der Waals surface area contributed by atoms with Gasteiger partial charge in [0.2, 0.25) is 0 Å². The minimum absolute atomic E-state index is 0.0311. The number of fused-ring (bicyclic) bond motifs is 1. The maximum atomic E-state index is 13.0. The van der Waals surface area contributed by atoms with E-state index in [2.05, 4.69) is 5.32 Å². The van der Waals surface area contributed by atoms with Crippen molar-refractivity contribution in [3.8, 4) is 5.75 Å². The summed E-state index contributed by atoms with van der Waals surface area (Å²) in [5.74, 6) is -1.18. The number of nitrogens with one attached hydrogen (secondary N) is 1. The highest BCUT2D eigenvalue weighted by atomic mass is 35.5. The Hall–Kier alpha value is -3.83. The predicted octanol–water partition coefficient (Wildman–Crippen LogP) is 3.47. The van der Waals surface area contributed by atoms with Gasteiger partial charge >= 0.3 is 5.97 Å². The fourth-order valence-corrected chi connectivity index (χ4v) is 5.18. The molecule has 0 spiro atoms. The van der Waals surface area contributed by atoms with Gasteiger partial charge in [-0.3, -0.25) is 24.6 Å². The Labute approximate surface area is 215 Å². The lowest BCUT2D eigenvalue weighted by molar-refractivity contribution is -0.384. The van der Waals surface area contributed by atoms with Crippen molar-refractivity contribution in [3.63, 3.8) is 0 Å². The van der Waals surface area contributed by atoms with E-state index in [1.165, 1.54) is 46.5 Å². The van der Waals surface area contributed by atoms with Gasteiger partial charge in [0.05, 0.1) is 4.92 Å². The number of amides is 2. The fraction of sp³-hybridized carbons (Fsp3) is 0.208. The molecule has 0 aliphatic carbocycles. The van der Waals surface area contributed by atoms with Gasteiger partial charge in [0.1, 0.15) is 29.5 Å². The van der Waals surface area contributed by atoms with Gasteiger partial charge in [-0.2, -0.15) is 0 Å². The van der Waals surface area contributed by atoms with Crippen molar-refractivity contribution >= 4 is 46.8 Å². The SMILES string of the molecule is CC1=C(C(=O)OCc2ccc([N+](=O)[O-])cc2)N2C(=O)C(NC(=O)COc3ccccc3)C2S/C1=C\Cl. The molecule has 2 heterocycles. The van der Waals surface area contributed by atoms with Crippen LogP contribution in [0.4, 0.5) is 5.69 Å². The van der Waals surface area contributed by atoms with Crippen molar-refractivity contribution < 1.29 is 28.8 Å². The molecule has 4 rings (SSSR count). The third kappa shape index (κ3) is 5.21. The molecule has 1 saturated heterocycles. The summed E-state index contributed by atoms with van der Waals surface area (Å²) in [6, 6.07) is 13.5. The number of benzene rings is 2. The number of para-hydroxylation sites is 1. The van der Waals surface area contributed by atoms with Crippen molar-refractivity contribution in [2.75, 3.05) is 6.61 Å². The molecule has 36 heavy (non-hydrogen) atoms. The summed E-state index contributed by atoms with van der Waals surface area (Å²) in [5, 5.41) is 12.9. The minimum Gasteiger partial charge on any atom is -0.484 e. The zero-order valence-corrected chi connectivity index (χ0v) is 20.5. The number of thioether (sulfide) groups is 1. The number of halogens is 1. The molecule has 2 amide bonds. The summed E-state index contributed by atoms with van der Waals surface area (Å²) in [6.45, 7) is 1.22. The zero-order chi connectivity index (χ0) is 25.8. The quantitative estimate of drug-likeness (QED) is 0.238. The Balaban J connectivity index is 1.42. The van der Waals surface area contributed by atoms with Crippen LogP contribution in [0.25, 0.3) is 0 Å². The predicted molar refractivity (Wildman–Crippen MR) is 132 cm³/mol. The molecule has 1 fully saturated rings. The Morgan fingerprint density at radius 1 is 1.19 bits per heavy atom. The molecule has 0 bridgehead atoms. The highest BCUT2D eigenvalue weighted by Gasteiger charge is 2.55. The maximum absolute atomic E-state index is 13.0.